The van der Waals surface area contributed by atoms with Crippen LogP contribution >= 0.6 is 0 Å². The van der Waals surface area contributed by atoms with Gasteiger partial charge in [-0.1, -0.05) is 368 Å². The molecule has 6 nitrogen and oxygen atoms in total. The molecule has 0 amide bonds. The maximum absolute atomic E-state index is 10.0. The summed E-state index contributed by atoms with van der Waals surface area (Å²) in [6, 6.07) is 0. The quantitative estimate of drug-likeness (QED) is 0.287. The molecule has 0 spiro atoms. The molecule has 0 saturated carbocycles. The largest absolute Gasteiger partial charge is 0.394 e. The summed E-state index contributed by atoms with van der Waals surface area (Å²) < 4.78 is 24.4. The summed E-state index contributed by atoms with van der Waals surface area (Å²) >= 11 is 0. The van der Waals surface area contributed by atoms with Gasteiger partial charge in [0.2, 0.25) is 0 Å². The second-order valence-electron chi connectivity index (χ2n) is 34.7. The zero-order valence-electron chi connectivity index (χ0n) is 65.7. The first kappa shape index (κ1) is 89.8. The Morgan fingerprint density at radius 1 is 0.185 bits per heavy atom. The molecule has 1 aliphatic rings. The fraction of sp³-hybridized carbons (Fsp3) is 1.00. The molecule has 2 N–H and O–H groups in total. The molecule has 1 heterocycles. The highest BCUT2D eigenvalue weighted by Crippen LogP contribution is 2.31. The molecule has 0 aromatic rings. The van der Waals surface area contributed by atoms with Crippen LogP contribution in [-0.4, -0.2) is 75.3 Å². The van der Waals surface area contributed by atoms with Gasteiger partial charge in [-0.25, -0.2) is 0 Å². The van der Waals surface area contributed by atoms with Crippen LogP contribution in [0, 0.1) is 94.7 Å². The molecule has 18 unspecified atom stereocenters. The van der Waals surface area contributed by atoms with E-state index in [1.165, 1.54) is 257 Å². The van der Waals surface area contributed by atoms with Gasteiger partial charge in [0.15, 0.2) is 0 Å². The minimum absolute atomic E-state index is 0.0415. The first-order valence-corrected chi connectivity index (χ1v) is 41.8. The van der Waals surface area contributed by atoms with Crippen molar-refractivity contribution in [2.75, 3.05) is 52.9 Å². The maximum atomic E-state index is 10.0. The van der Waals surface area contributed by atoms with E-state index in [1.54, 1.807) is 0 Å². The summed E-state index contributed by atoms with van der Waals surface area (Å²) in [5.74, 6) is 12.9. The van der Waals surface area contributed by atoms with Gasteiger partial charge in [0.25, 0.3) is 0 Å². The SMILES string of the molecule is CC1CCCC(C)CCCC(C)CCC(C)CCCC(C)CCCC(C)CCCC(C)CCOC(CO)COCCC(C)CCCC(C)CCCC(C)CCCC(C)CCC(C)CCCC(C)CCCC(C)CCCC(C)CCOC(CO)COCCC(C)CCC1. The Hall–Kier alpha value is -0.240. The molecule has 0 radical (unpaired) electrons. The van der Waals surface area contributed by atoms with Gasteiger partial charge < -0.3 is 29.2 Å². The molecule has 1 saturated heterocycles. The van der Waals surface area contributed by atoms with Crippen LogP contribution in [0.5, 0.6) is 0 Å². The van der Waals surface area contributed by atoms with E-state index in [0.717, 1.165) is 123 Å². The van der Waals surface area contributed by atoms with Crippen LogP contribution in [0.2, 0.25) is 0 Å². The van der Waals surface area contributed by atoms with Gasteiger partial charge in [-0.15, -0.1) is 0 Å². The maximum Gasteiger partial charge on any atom is 0.104 e. The molecule has 0 bridgehead atoms. The average Bonchev–Trinajstić information content (AvgIpc) is 3.72. The zero-order valence-corrected chi connectivity index (χ0v) is 65.7. The van der Waals surface area contributed by atoms with Gasteiger partial charge in [-0.2, -0.15) is 0 Å². The van der Waals surface area contributed by atoms with Crippen LogP contribution in [0.25, 0.3) is 0 Å². The zero-order chi connectivity index (χ0) is 68.0. The first-order valence-electron chi connectivity index (χ1n) is 41.8. The lowest BCUT2D eigenvalue weighted by molar-refractivity contribution is -0.0471. The summed E-state index contributed by atoms with van der Waals surface area (Å²) in [5.41, 5.74) is 0. The Bertz CT molecular complexity index is 1410. The molecule has 0 aromatic carbocycles. The Labute approximate surface area is 579 Å². The minimum Gasteiger partial charge on any atom is -0.394 e. The second-order valence-corrected chi connectivity index (χ2v) is 34.7. The highest BCUT2D eigenvalue weighted by molar-refractivity contribution is 4.70. The fourth-order valence-electron chi connectivity index (χ4n) is 15.4. The van der Waals surface area contributed by atoms with Gasteiger partial charge in [-0.3, -0.25) is 0 Å². The van der Waals surface area contributed by atoms with Crippen molar-refractivity contribution >= 4 is 0 Å². The highest BCUT2D eigenvalue weighted by Gasteiger charge is 2.18. The van der Waals surface area contributed by atoms with E-state index in [2.05, 4.69) is 111 Å². The number of aliphatic hydroxyl groups is 2. The predicted octanol–water partition coefficient (Wildman–Crippen LogP) is 26.1. The van der Waals surface area contributed by atoms with Crippen LogP contribution in [0.3, 0.4) is 0 Å². The van der Waals surface area contributed by atoms with Gasteiger partial charge in [0.1, 0.15) is 12.2 Å². The Balaban J connectivity index is 2.51. The van der Waals surface area contributed by atoms with Crippen LogP contribution in [0.15, 0.2) is 0 Å². The van der Waals surface area contributed by atoms with E-state index in [4.69, 9.17) is 18.9 Å². The predicted molar refractivity (Wildman–Crippen MR) is 405 cm³/mol. The number of aliphatic hydroxyl groups excluding tert-OH is 2. The van der Waals surface area contributed by atoms with Crippen LogP contribution < -0.4 is 0 Å². The standard InChI is InChI=1S/C86H172O6/c1-69-29-17-33-73(5)41-25-49-81(13)57-61-89-67-85(65-87)91-63-59-83(15)52-28-44-76(8)36-20-32-72(4)40-24-48-80(12)56-54-78(10)46-22-38-70(2)30-18-34-74(6)42-26-50-82(14)58-62-90-68-86(66-88)92-64-60-84(16)51-27-43-75(7)35-19-31-71(3)39-23-47-79(11)55-53-77(9)45-21-37-69/h69-88H,17-68H2,1-16H3. The molecule has 1 fully saturated rings. The molecule has 552 valence electrons. The van der Waals surface area contributed by atoms with Crippen molar-refractivity contribution in [1.29, 1.82) is 0 Å². The molecule has 92 heavy (non-hydrogen) atoms. The number of rotatable bonds is 2. The number of ether oxygens (including phenoxy) is 4. The van der Waals surface area contributed by atoms with Gasteiger partial charge in [0.05, 0.1) is 26.4 Å². The van der Waals surface area contributed by atoms with Gasteiger partial charge in [-0.05, 0) is 120 Å². The van der Waals surface area contributed by atoms with Crippen LogP contribution in [0.1, 0.15) is 393 Å². The van der Waals surface area contributed by atoms with E-state index in [9.17, 15) is 10.2 Å². The first-order chi connectivity index (χ1) is 44.2. The minimum atomic E-state index is -0.203. The average molecular weight is 1300 g/mol. The topological polar surface area (TPSA) is 77.4 Å². The third kappa shape index (κ3) is 56.6. The van der Waals surface area contributed by atoms with E-state index in [0.29, 0.717) is 36.9 Å². The van der Waals surface area contributed by atoms with E-state index < -0.39 is 0 Å². The molecular weight excluding hydrogens is 1130 g/mol. The van der Waals surface area contributed by atoms with Crippen molar-refractivity contribution in [3.05, 3.63) is 0 Å². The smallest absolute Gasteiger partial charge is 0.104 e. The van der Waals surface area contributed by atoms with Crippen molar-refractivity contribution in [2.24, 2.45) is 94.7 Å². The number of hydrogen-bond acceptors (Lipinski definition) is 6. The highest BCUT2D eigenvalue weighted by atomic mass is 16.5. The van der Waals surface area contributed by atoms with Crippen molar-refractivity contribution < 1.29 is 29.2 Å². The molecule has 1 aliphatic heterocycles. The normalized spacial score (nSPS) is 36.1. The molecule has 6 heteroatoms. The van der Waals surface area contributed by atoms with Crippen LogP contribution in [0.4, 0.5) is 0 Å². The van der Waals surface area contributed by atoms with Crippen molar-refractivity contribution in [3.8, 4) is 0 Å². The summed E-state index contributed by atoms with van der Waals surface area (Å²) in [6.07, 6.45) is 59.0. The van der Waals surface area contributed by atoms with Crippen molar-refractivity contribution in [1.82, 2.24) is 0 Å². The molecule has 18 atom stereocenters. The lowest BCUT2D eigenvalue weighted by Gasteiger charge is -2.19. The molecule has 1 rings (SSSR count). The molecule has 0 aromatic heterocycles. The second kappa shape index (κ2) is 60.7. The number of hydrogen-bond donors (Lipinski definition) is 2. The summed E-state index contributed by atoms with van der Waals surface area (Å²) in [6.45, 7) is 43.7. The third-order valence-electron chi connectivity index (χ3n) is 23.5. The lowest BCUT2D eigenvalue weighted by Crippen LogP contribution is -2.25. The van der Waals surface area contributed by atoms with Gasteiger partial charge >= 0.3 is 0 Å². The van der Waals surface area contributed by atoms with E-state index >= 15 is 0 Å². The summed E-state index contributed by atoms with van der Waals surface area (Å²) in [4.78, 5) is 0. The van der Waals surface area contributed by atoms with E-state index in [-0.39, 0.29) is 25.4 Å². The third-order valence-corrected chi connectivity index (χ3v) is 23.5. The lowest BCUT2D eigenvalue weighted by atomic mass is 9.88. The summed E-state index contributed by atoms with van der Waals surface area (Å²) in [5, 5.41) is 20.1. The van der Waals surface area contributed by atoms with Crippen molar-refractivity contribution in [2.45, 2.75) is 406 Å². The Kier molecular flexibility index (Phi) is 59.2. The monoisotopic (exact) mass is 1300 g/mol. The Morgan fingerprint density at radius 3 is 0.467 bits per heavy atom. The van der Waals surface area contributed by atoms with E-state index in [1.807, 2.05) is 0 Å². The van der Waals surface area contributed by atoms with Gasteiger partial charge in [0, 0.05) is 26.4 Å². The summed E-state index contributed by atoms with van der Waals surface area (Å²) in [7, 11) is 0. The van der Waals surface area contributed by atoms with Crippen LogP contribution in [-0.2, 0) is 18.9 Å². The van der Waals surface area contributed by atoms with Crippen molar-refractivity contribution in [3.63, 3.8) is 0 Å². The molecule has 0 aliphatic carbocycles. The Morgan fingerprint density at radius 2 is 0.315 bits per heavy atom. The molecular formula is C86H172O6. The fourth-order valence-corrected chi connectivity index (χ4v) is 15.4.